The summed E-state index contributed by atoms with van der Waals surface area (Å²) < 4.78 is 0. The minimum Gasteiger partial charge on any atom is -0.347 e. The zero-order valence-corrected chi connectivity index (χ0v) is 14.5. The third-order valence-electron chi connectivity index (χ3n) is 3.66. The summed E-state index contributed by atoms with van der Waals surface area (Å²) in [6.07, 6.45) is 0. The number of hydrogen-bond acceptors (Lipinski definition) is 4. The second-order valence-electron chi connectivity index (χ2n) is 5.65. The lowest BCUT2D eigenvalue weighted by atomic mass is 10.1. The highest BCUT2D eigenvalue weighted by Gasteiger charge is 2.11. The van der Waals surface area contributed by atoms with E-state index in [0.717, 1.165) is 16.8 Å². The molecule has 0 fully saturated rings. The number of anilines is 2. The van der Waals surface area contributed by atoms with Crippen molar-refractivity contribution >= 4 is 28.1 Å². The molecule has 0 saturated heterocycles. The van der Waals surface area contributed by atoms with Gasteiger partial charge < -0.3 is 10.6 Å². The van der Waals surface area contributed by atoms with Crippen molar-refractivity contribution in [1.29, 1.82) is 0 Å². The van der Waals surface area contributed by atoms with Crippen molar-refractivity contribution in [2.75, 3.05) is 5.32 Å². The molecule has 5 heteroatoms. The quantitative estimate of drug-likeness (QED) is 0.724. The zero-order chi connectivity index (χ0) is 16.9. The molecule has 0 unspecified atom stereocenters. The molecule has 122 valence electrons. The van der Waals surface area contributed by atoms with Crippen molar-refractivity contribution in [3.63, 3.8) is 0 Å². The number of aromatic nitrogens is 1. The zero-order valence-electron chi connectivity index (χ0n) is 13.7. The fourth-order valence-corrected chi connectivity index (χ4v) is 3.08. The number of carbonyl (C=O) groups excluding carboxylic acids is 1. The van der Waals surface area contributed by atoms with E-state index >= 15 is 0 Å². The van der Waals surface area contributed by atoms with E-state index in [0.29, 0.717) is 17.4 Å². The Morgan fingerprint density at radius 3 is 2.67 bits per heavy atom. The van der Waals surface area contributed by atoms with Crippen LogP contribution in [0.1, 0.15) is 27.2 Å². The van der Waals surface area contributed by atoms with Crippen LogP contribution in [-0.4, -0.2) is 10.9 Å². The van der Waals surface area contributed by atoms with Gasteiger partial charge in [-0.1, -0.05) is 48.0 Å². The number of nitrogens with zero attached hydrogens (tertiary/aromatic N) is 1. The molecular formula is C19H19N3OS. The third-order valence-corrected chi connectivity index (χ3v) is 4.41. The summed E-state index contributed by atoms with van der Waals surface area (Å²) in [5.41, 5.74) is 4.88. The maximum atomic E-state index is 12.2. The summed E-state index contributed by atoms with van der Waals surface area (Å²) in [7, 11) is 0. The number of hydrogen-bond donors (Lipinski definition) is 2. The molecule has 2 N–H and O–H groups in total. The molecule has 0 atom stereocenters. The maximum Gasteiger partial charge on any atom is 0.271 e. The van der Waals surface area contributed by atoms with Crippen LogP contribution in [0, 0.1) is 13.8 Å². The summed E-state index contributed by atoms with van der Waals surface area (Å²) in [6, 6.07) is 16.0. The Morgan fingerprint density at radius 1 is 1.12 bits per heavy atom. The van der Waals surface area contributed by atoms with Crippen molar-refractivity contribution in [2.24, 2.45) is 0 Å². The van der Waals surface area contributed by atoms with Crippen molar-refractivity contribution in [3.05, 3.63) is 76.3 Å². The first kappa shape index (κ1) is 16.2. The van der Waals surface area contributed by atoms with E-state index in [-0.39, 0.29) is 5.91 Å². The molecule has 1 aromatic heterocycles. The Kier molecular flexibility index (Phi) is 4.91. The Hall–Kier alpha value is -2.66. The molecule has 1 heterocycles. The highest BCUT2D eigenvalue weighted by molar-refractivity contribution is 7.14. The van der Waals surface area contributed by atoms with E-state index in [1.165, 1.54) is 16.9 Å². The number of thiazole rings is 1. The van der Waals surface area contributed by atoms with Crippen LogP contribution in [0.2, 0.25) is 0 Å². The number of carbonyl (C=O) groups is 1. The predicted octanol–water partition coefficient (Wildman–Crippen LogP) is 4.43. The van der Waals surface area contributed by atoms with Gasteiger partial charge in [-0.2, -0.15) is 0 Å². The Labute approximate surface area is 145 Å². The molecule has 4 nitrogen and oxygen atoms in total. The molecule has 0 spiro atoms. The van der Waals surface area contributed by atoms with Gasteiger partial charge >= 0.3 is 0 Å². The molecule has 0 radical (unpaired) electrons. The summed E-state index contributed by atoms with van der Waals surface area (Å²) in [6.45, 7) is 4.61. The normalized spacial score (nSPS) is 10.4. The topological polar surface area (TPSA) is 54.0 Å². The van der Waals surface area contributed by atoms with Gasteiger partial charge in [0.15, 0.2) is 5.13 Å². The Bertz CT molecular complexity index is 843. The largest absolute Gasteiger partial charge is 0.347 e. The lowest BCUT2D eigenvalue weighted by molar-refractivity contribution is 0.0946. The lowest BCUT2D eigenvalue weighted by Gasteiger charge is -2.07. The summed E-state index contributed by atoms with van der Waals surface area (Å²) >= 11 is 1.42. The van der Waals surface area contributed by atoms with Crippen molar-refractivity contribution in [1.82, 2.24) is 10.3 Å². The Balaban J connectivity index is 1.63. The van der Waals surface area contributed by atoms with Gasteiger partial charge in [-0.15, -0.1) is 11.3 Å². The van der Waals surface area contributed by atoms with Crippen LogP contribution in [0.15, 0.2) is 53.9 Å². The first-order valence-electron chi connectivity index (χ1n) is 7.74. The number of rotatable bonds is 5. The predicted molar refractivity (Wildman–Crippen MR) is 98.9 cm³/mol. The molecule has 0 saturated carbocycles. The molecule has 0 aliphatic heterocycles. The van der Waals surface area contributed by atoms with Gasteiger partial charge in [0.05, 0.1) is 0 Å². The fourth-order valence-electron chi connectivity index (χ4n) is 2.37. The van der Waals surface area contributed by atoms with Crippen molar-refractivity contribution in [3.8, 4) is 0 Å². The van der Waals surface area contributed by atoms with Gasteiger partial charge in [-0.05, 0) is 31.0 Å². The van der Waals surface area contributed by atoms with E-state index < -0.39 is 0 Å². The molecule has 0 aliphatic carbocycles. The first-order valence-corrected chi connectivity index (χ1v) is 8.62. The minimum atomic E-state index is -0.163. The second kappa shape index (κ2) is 7.27. The van der Waals surface area contributed by atoms with Crippen LogP contribution in [0.25, 0.3) is 0 Å². The molecule has 24 heavy (non-hydrogen) atoms. The highest BCUT2D eigenvalue weighted by atomic mass is 32.1. The van der Waals surface area contributed by atoms with Gasteiger partial charge in [0.25, 0.3) is 5.91 Å². The van der Waals surface area contributed by atoms with Gasteiger partial charge in [-0.3, -0.25) is 4.79 Å². The van der Waals surface area contributed by atoms with Crippen LogP contribution >= 0.6 is 11.3 Å². The Morgan fingerprint density at radius 2 is 1.92 bits per heavy atom. The molecular weight excluding hydrogens is 318 g/mol. The average molecular weight is 337 g/mol. The molecule has 0 bridgehead atoms. The van der Waals surface area contributed by atoms with E-state index in [1.54, 1.807) is 5.38 Å². The monoisotopic (exact) mass is 337 g/mol. The maximum absolute atomic E-state index is 12.2. The minimum absolute atomic E-state index is 0.163. The van der Waals surface area contributed by atoms with Crippen molar-refractivity contribution in [2.45, 2.75) is 20.4 Å². The van der Waals surface area contributed by atoms with E-state index in [1.807, 2.05) is 36.4 Å². The fraction of sp³-hybridized carbons (Fsp3) is 0.158. The third kappa shape index (κ3) is 4.00. The molecule has 1 amide bonds. The summed E-state index contributed by atoms with van der Waals surface area (Å²) in [5.74, 6) is -0.163. The number of aryl methyl sites for hydroxylation is 2. The van der Waals surface area contributed by atoms with E-state index in [2.05, 4.69) is 41.6 Å². The summed E-state index contributed by atoms with van der Waals surface area (Å²) in [4.78, 5) is 16.6. The number of amides is 1. The smallest absolute Gasteiger partial charge is 0.271 e. The SMILES string of the molecule is Cc1ccc(Nc2nc(C(=O)NCc3ccccc3)cs2)c(C)c1. The first-order chi connectivity index (χ1) is 11.6. The van der Waals surface area contributed by atoms with E-state index in [9.17, 15) is 4.79 Å². The summed E-state index contributed by atoms with van der Waals surface area (Å²) in [5, 5.41) is 8.65. The van der Waals surface area contributed by atoms with Crippen LogP contribution in [0.5, 0.6) is 0 Å². The average Bonchev–Trinajstić information content (AvgIpc) is 3.05. The lowest BCUT2D eigenvalue weighted by Crippen LogP contribution is -2.23. The van der Waals surface area contributed by atoms with Gasteiger partial charge in [0.1, 0.15) is 5.69 Å². The second-order valence-corrected chi connectivity index (χ2v) is 6.51. The van der Waals surface area contributed by atoms with Crippen LogP contribution in [-0.2, 0) is 6.54 Å². The van der Waals surface area contributed by atoms with Gasteiger partial charge in [-0.25, -0.2) is 4.98 Å². The van der Waals surface area contributed by atoms with Gasteiger partial charge in [0.2, 0.25) is 0 Å². The van der Waals surface area contributed by atoms with Gasteiger partial charge in [0, 0.05) is 17.6 Å². The highest BCUT2D eigenvalue weighted by Crippen LogP contribution is 2.24. The standard InChI is InChI=1S/C19H19N3OS/c1-13-8-9-16(14(2)10-13)21-19-22-17(12-24-19)18(23)20-11-15-6-4-3-5-7-15/h3-10,12H,11H2,1-2H3,(H,20,23)(H,21,22). The molecule has 2 aromatic carbocycles. The number of nitrogens with one attached hydrogen (secondary N) is 2. The van der Waals surface area contributed by atoms with Crippen LogP contribution < -0.4 is 10.6 Å². The molecule has 3 aromatic rings. The van der Waals surface area contributed by atoms with E-state index in [4.69, 9.17) is 0 Å². The molecule has 3 rings (SSSR count). The molecule has 0 aliphatic rings. The van der Waals surface area contributed by atoms with Crippen LogP contribution in [0.3, 0.4) is 0 Å². The van der Waals surface area contributed by atoms with Crippen molar-refractivity contribution < 1.29 is 4.79 Å². The number of benzene rings is 2. The van der Waals surface area contributed by atoms with Crippen LogP contribution in [0.4, 0.5) is 10.8 Å².